The van der Waals surface area contributed by atoms with Gasteiger partial charge in [-0.25, -0.2) is 4.79 Å². The molecular formula is C27H32N4O4. The second-order valence-corrected chi connectivity index (χ2v) is 9.20. The number of hydrogen-bond acceptors (Lipinski definition) is 6. The van der Waals surface area contributed by atoms with Crippen molar-refractivity contribution in [2.75, 3.05) is 46.5 Å². The van der Waals surface area contributed by atoms with Crippen LogP contribution >= 0.6 is 0 Å². The van der Waals surface area contributed by atoms with Crippen LogP contribution in [-0.4, -0.2) is 72.5 Å². The molecule has 1 aromatic heterocycles. The van der Waals surface area contributed by atoms with E-state index in [1.807, 2.05) is 34.1 Å². The van der Waals surface area contributed by atoms with Crippen LogP contribution in [0, 0.1) is 0 Å². The summed E-state index contributed by atoms with van der Waals surface area (Å²) >= 11 is 0. The number of aryl methyl sites for hydroxylation is 1. The normalized spacial score (nSPS) is 20.6. The molecule has 0 saturated carbocycles. The molecule has 8 nitrogen and oxygen atoms in total. The Morgan fingerprint density at radius 2 is 1.83 bits per heavy atom. The molecule has 2 saturated heterocycles. The molecule has 5 rings (SSSR count). The minimum atomic E-state index is -0.0450. The summed E-state index contributed by atoms with van der Waals surface area (Å²) in [6.45, 7) is 5.79. The lowest BCUT2D eigenvalue weighted by Crippen LogP contribution is -2.52. The van der Waals surface area contributed by atoms with E-state index in [1.165, 1.54) is 11.1 Å². The molecule has 8 heteroatoms. The minimum absolute atomic E-state index is 0.0450. The molecule has 2 aliphatic heterocycles. The van der Waals surface area contributed by atoms with E-state index in [9.17, 15) is 4.79 Å². The van der Waals surface area contributed by atoms with Gasteiger partial charge in [0.25, 0.3) is 0 Å². The van der Waals surface area contributed by atoms with Crippen molar-refractivity contribution in [1.29, 1.82) is 0 Å². The summed E-state index contributed by atoms with van der Waals surface area (Å²) in [5, 5.41) is 4.25. The number of aromatic nitrogens is 2. The van der Waals surface area contributed by atoms with Crippen LogP contribution in [0.4, 0.5) is 4.79 Å². The molecule has 2 aliphatic rings. The van der Waals surface area contributed by atoms with Crippen molar-refractivity contribution in [2.45, 2.75) is 31.6 Å². The van der Waals surface area contributed by atoms with Gasteiger partial charge in [-0.1, -0.05) is 48.5 Å². The fourth-order valence-electron chi connectivity index (χ4n) is 4.94. The maximum Gasteiger partial charge on any atom is 0.320 e. The van der Waals surface area contributed by atoms with Gasteiger partial charge in [-0.05, 0) is 36.1 Å². The van der Waals surface area contributed by atoms with E-state index >= 15 is 0 Å². The fraction of sp³-hybridized carbons (Fsp3) is 0.444. The predicted molar refractivity (Wildman–Crippen MR) is 132 cm³/mol. The zero-order chi connectivity index (χ0) is 24.2. The second kappa shape index (κ2) is 10.5. The molecule has 35 heavy (non-hydrogen) atoms. The molecule has 2 fully saturated rings. The first-order chi connectivity index (χ1) is 17.1. The van der Waals surface area contributed by atoms with Crippen LogP contribution in [0.2, 0.25) is 0 Å². The Balaban J connectivity index is 1.41. The number of nitrogens with zero attached hydrogens (tertiary/aromatic N) is 4. The van der Waals surface area contributed by atoms with Crippen molar-refractivity contribution in [3.63, 3.8) is 0 Å². The third-order valence-electron chi connectivity index (χ3n) is 6.98. The number of hydrogen-bond donors (Lipinski definition) is 0. The maximum atomic E-state index is 13.4. The summed E-state index contributed by atoms with van der Waals surface area (Å²) in [6.07, 6.45) is 1.85. The van der Waals surface area contributed by atoms with E-state index in [0.717, 1.165) is 24.2 Å². The Labute approximate surface area is 205 Å². The summed E-state index contributed by atoms with van der Waals surface area (Å²) in [6, 6.07) is 16.4. The maximum absolute atomic E-state index is 13.4. The third kappa shape index (κ3) is 5.17. The average molecular weight is 477 g/mol. The highest BCUT2D eigenvalue weighted by atomic mass is 16.5. The summed E-state index contributed by atoms with van der Waals surface area (Å²) in [7, 11) is 1.63. The molecule has 2 aromatic carbocycles. The van der Waals surface area contributed by atoms with Gasteiger partial charge in [0.2, 0.25) is 11.7 Å². The molecule has 3 heterocycles. The predicted octanol–water partition coefficient (Wildman–Crippen LogP) is 4.33. The Hall–Kier alpha value is -3.39. The first kappa shape index (κ1) is 23.4. The average Bonchev–Trinajstić information content (AvgIpc) is 3.43. The number of piperidine rings is 1. The number of benzene rings is 2. The lowest BCUT2D eigenvalue weighted by atomic mass is 9.84. The highest BCUT2D eigenvalue weighted by Crippen LogP contribution is 2.36. The first-order valence-corrected chi connectivity index (χ1v) is 12.3. The SMILES string of the molecule is CCc1ccc(C2CC(c3nc(-c4cccc(OC)c4)no3)CN(C(=O)N3CCOCC3)C2)cc1. The summed E-state index contributed by atoms with van der Waals surface area (Å²) < 4.78 is 16.5. The summed E-state index contributed by atoms with van der Waals surface area (Å²) in [5.41, 5.74) is 3.38. The summed E-state index contributed by atoms with van der Waals surface area (Å²) in [5.74, 6) is 1.98. The highest BCUT2D eigenvalue weighted by Gasteiger charge is 2.36. The van der Waals surface area contributed by atoms with Gasteiger partial charge in [0, 0.05) is 37.7 Å². The second-order valence-electron chi connectivity index (χ2n) is 9.20. The monoisotopic (exact) mass is 476 g/mol. The number of methoxy groups -OCH3 is 1. The molecule has 2 unspecified atom stereocenters. The Kier molecular flexibility index (Phi) is 6.99. The van der Waals surface area contributed by atoms with Crippen LogP contribution in [0.25, 0.3) is 11.4 Å². The van der Waals surface area contributed by atoms with E-state index in [-0.39, 0.29) is 17.9 Å². The van der Waals surface area contributed by atoms with E-state index in [2.05, 4.69) is 36.3 Å². The number of ether oxygens (including phenoxy) is 2. The van der Waals surface area contributed by atoms with E-state index in [0.29, 0.717) is 51.1 Å². The molecular weight excluding hydrogens is 444 g/mol. The lowest BCUT2D eigenvalue weighted by Gasteiger charge is -2.40. The minimum Gasteiger partial charge on any atom is -0.497 e. The van der Waals surface area contributed by atoms with Crippen LogP contribution < -0.4 is 4.74 Å². The van der Waals surface area contributed by atoms with Gasteiger partial charge >= 0.3 is 6.03 Å². The van der Waals surface area contributed by atoms with Gasteiger partial charge in [-0.2, -0.15) is 4.98 Å². The standard InChI is InChI=1S/C27H32N4O4/c1-3-19-7-9-20(10-8-19)22-15-23(18-31(17-22)27(32)30-11-13-34-14-12-30)26-28-25(29-35-26)21-5-4-6-24(16-21)33-2/h4-10,16,22-23H,3,11-15,17-18H2,1-2H3. The number of rotatable bonds is 5. The largest absolute Gasteiger partial charge is 0.497 e. The van der Waals surface area contributed by atoms with Gasteiger partial charge < -0.3 is 23.8 Å². The molecule has 0 radical (unpaired) electrons. The van der Waals surface area contributed by atoms with E-state index in [1.54, 1.807) is 7.11 Å². The van der Waals surface area contributed by atoms with Crippen molar-refractivity contribution in [1.82, 2.24) is 19.9 Å². The molecule has 0 N–H and O–H groups in total. The molecule has 0 aliphatic carbocycles. The first-order valence-electron chi connectivity index (χ1n) is 12.3. The molecule has 2 amide bonds. The van der Waals surface area contributed by atoms with Crippen LogP contribution in [0.1, 0.15) is 42.2 Å². The van der Waals surface area contributed by atoms with Gasteiger partial charge in [-0.3, -0.25) is 0 Å². The molecule has 0 bridgehead atoms. The van der Waals surface area contributed by atoms with E-state index < -0.39 is 0 Å². The third-order valence-corrected chi connectivity index (χ3v) is 6.98. The summed E-state index contributed by atoms with van der Waals surface area (Å²) in [4.78, 5) is 22.0. The molecule has 0 spiro atoms. The van der Waals surface area contributed by atoms with Gasteiger partial charge in [-0.15, -0.1) is 0 Å². The molecule has 184 valence electrons. The van der Waals surface area contributed by atoms with Crippen molar-refractivity contribution < 1.29 is 18.8 Å². The van der Waals surface area contributed by atoms with Crippen LogP contribution in [0.5, 0.6) is 5.75 Å². The van der Waals surface area contributed by atoms with E-state index in [4.69, 9.17) is 19.0 Å². The number of urea groups is 1. The number of amides is 2. The quantitative estimate of drug-likeness (QED) is 0.545. The Morgan fingerprint density at radius 3 is 2.57 bits per heavy atom. The van der Waals surface area contributed by atoms with Crippen LogP contribution in [0.15, 0.2) is 53.1 Å². The van der Waals surface area contributed by atoms with Crippen LogP contribution in [0.3, 0.4) is 0 Å². The van der Waals surface area contributed by atoms with Gasteiger partial charge in [0.1, 0.15) is 5.75 Å². The zero-order valence-electron chi connectivity index (χ0n) is 20.4. The van der Waals surface area contributed by atoms with Crippen molar-refractivity contribution in [3.05, 3.63) is 65.5 Å². The number of likely N-dealkylation sites (tertiary alicyclic amines) is 1. The molecule has 2 atom stereocenters. The molecule has 3 aromatic rings. The number of morpholine rings is 1. The number of carbonyl (C=O) groups is 1. The van der Waals surface area contributed by atoms with Gasteiger partial charge in [0.15, 0.2) is 0 Å². The lowest BCUT2D eigenvalue weighted by molar-refractivity contribution is 0.0392. The van der Waals surface area contributed by atoms with Crippen molar-refractivity contribution in [3.8, 4) is 17.1 Å². The van der Waals surface area contributed by atoms with Crippen LogP contribution in [-0.2, 0) is 11.2 Å². The highest BCUT2D eigenvalue weighted by molar-refractivity contribution is 5.75. The van der Waals surface area contributed by atoms with Crippen molar-refractivity contribution in [2.24, 2.45) is 0 Å². The van der Waals surface area contributed by atoms with Gasteiger partial charge in [0.05, 0.1) is 26.2 Å². The number of carbonyl (C=O) groups excluding carboxylic acids is 1. The Morgan fingerprint density at radius 1 is 1.06 bits per heavy atom. The zero-order valence-corrected chi connectivity index (χ0v) is 20.4. The Bertz CT molecular complexity index is 1140. The smallest absolute Gasteiger partial charge is 0.320 e. The fourth-order valence-corrected chi connectivity index (χ4v) is 4.94. The topological polar surface area (TPSA) is 80.9 Å². The van der Waals surface area contributed by atoms with Crippen molar-refractivity contribution >= 4 is 6.03 Å².